The first-order valence-electron chi connectivity index (χ1n) is 13.1. The average Bonchev–Trinajstić information content (AvgIpc) is 3.68. The van der Waals surface area contributed by atoms with Crippen LogP contribution in [0.4, 0.5) is 17.2 Å². The fraction of sp³-hybridized carbons (Fsp3) is 0.440. The minimum absolute atomic E-state index is 0.0684. The monoisotopic (exact) mass is 552 g/mol. The molecular formula is C25H27B3N8O5. The lowest BCUT2D eigenvalue weighted by Gasteiger charge is -2.28. The molecule has 2 amide bonds. The largest absolute Gasteiger partial charge is 0.494 e. The van der Waals surface area contributed by atoms with Crippen molar-refractivity contribution < 1.29 is 24.0 Å². The number of likely N-dealkylation sites (tertiary alicyclic amines) is 1. The first-order valence-corrected chi connectivity index (χ1v) is 13.1. The van der Waals surface area contributed by atoms with Crippen molar-refractivity contribution in [3.8, 4) is 17.2 Å². The molecule has 0 atom stereocenters. The molecule has 13 nitrogen and oxygen atoms in total. The van der Waals surface area contributed by atoms with Crippen LogP contribution < -0.4 is 20.7 Å². The molecule has 1 saturated heterocycles. The molecule has 0 spiro atoms. The molecular weight excluding hydrogens is 525 g/mol. The van der Waals surface area contributed by atoms with Gasteiger partial charge in [0.2, 0.25) is 5.91 Å². The van der Waals surface area contributed by atoms with Gasteiger partial charge in [-0.1, -0.05) is 16.5 Å². The molecule has 3 aromatic rings. The molecule has 2 aliphatic rings. The predicted molar refractivity (Wildman–Crippen MR) is 151 cm³/mol. The van der Waals surface area contributed by atoms with E-state index in [1.54, 1.807) is 18.2 Å². The molecule has 5 rings (SSSR count). The summed E-state index contributed by atoms with van der Waals surface area (Å²) in [5.74, 6) is 0.179. The number of nitrogens with zero attached hydrogens (tertiary/aromatic N) is 5. The summed E-state index contributed by atoms with van der Waals surface area (Å²) in [5, 5.41) is 27.9. The third kappa shape index (κ3) is 7.25. The predicted octanol–water partition coefficient (Wildman–Crippen LogP) is 0.431. The van der Waals surface area contributed by atoms with Gasteiger partial charge in [-0.15, -0.1) is 10.2 Å². The second-order valence-electron chi connectivity index (χ2n) is 10.2. The number of benzene rings is 1. The van der Waals surface area contributed by atoms with Crippen molar-refractivity contribution in [2.24, 2.45) is 5.92 Å². The molecule has 1 aliphatic carbocycles. The van der Waals surface area contributed by atoms with Crippen LogP contribution in [0.25, 0.3) is 11.5 Å². The number of rotatable bonds is 10. The number of carbonyl (C=O) groups is 2. The van der Waals surface area contributed by atoms with Gasteiger partial charge in [-0.05, 0) is 37.8 Å². The minimum Gasteiger partial charge on any atom is -0.494 e. The van der Waals surface area contributed by atoms with Crippen LogP contribution >= 0.6 is 0 Å². The lowest BCUT2D eigenvalue weighted by molar-refractivity contribution is -0.117. The van der Waals surface area contributed by atoms with E-state index in [4.69, 9.17) is 32.8 Å². The first-order chi connectivity index (χ1) is 19.6. The van der Waals surface area contributed by atoms with E-state index < -0.39 is 11.1 Å². The fourth-order valence-corrected chi connectivity index (χ4v) is 4.42. The minimum atomic E-state index is -2.00. The van der Waals surface area contributed by atoms with Crippen molar-refractivity contribution in [3.05, 3.63) is 35.8 Å². The zero-order valence-electron chi connectivity index (χ0n) is 22.5. The second kappa shape index (κ2) is 11.9. The van der Waals surface area contributed by atoms with E-state index in [9.17, 15) is 14.7 Å². The van der Waals surface area contributed by atoms with Gasteiger partial charge in [-0.25, -0.2) is 0 Å². The van der Waals surface area contributed by atoms with Crippen LogP contribution in [-0.2, 0) is 11.3 Å². The molecule has 3 heterocycles. The molecule has 41 heavy (non-hydrogen) atoms. The SMILES string of the molecule is [B]C([B])([B])NC(=O)c1nnc(NC(=O)C2CC2)cc1Nc1cccc(-c2nc(CN3CCC(O)CC3)no2)c1OC. The van der Waals surface area contributed by atoms with Gasteiger partial charge in [0.05, 0.1) is 60.2 Å². The Kier molecular flexibility index (Phi) is 8.31. The molecule has 1 aliphatic heterocycles. The summed E-state index contributed by atoms with van der Waals surface area (Å²) < 4.78 is 11.2. The summed E-state index contributed by atoms with van der Waals surface area (Å²) in [7, 11) is 18.1. The van der Waals surface area contributed by atoms with Crippen molar-refractivity contribution in [3.63, 3.8) is 0 Å². The Morgan fingerprint density at radius 1 is 1.15 bits per heavy atom. The van der Waals surface area contributed by atoms with Crippen LogP contribution in [0.2, 0.25) is 0 Å². The number of nitrogens with one attached hydrogen (secondary N) is 3. The van der Waals surface area contributed by atoms with E-state index >= 15 is 0 Å². The first kappa shape index (κ1) is 28.6. The molecule has 0 bridgehead atoms. The Balaban J connectivity index is 1.42. The maximum atomic E-state index is 12.9. The topological polar surface area (TPSA) is 168 Å². The van der Waals surface area contributed by atoms with E-state index in [0.717, 1.165) is 25.9 Å². The van der Waals surface area contributed by atoms with E-state index in [2.05, 4.69) is 41.2 Å². The number of hydrogen-bond donors (Lipinski definition) is 4. The van der Waals surface area contributed by atoms with E-state index in [1.807, 2.05) is 0 Å². The summed E-state index contributed by atoms with van der Waals surface area (Å²) in [5.41, 5.74) is 0.919. The van der Waals surface area contributed by atoms with Gasteiger partial charge in [0, 0.05) is 25.1 Å². The average molecular weight is 552 g/mol. The van der Waals surface area contributed by atoms with E-state index in [0.29, 0.717) is 42.2 Å². The standard InChI is InChI=1S/C25H27B3N8O5/c1-40-21-15(24-31-19(35-41-24)12-36-9-7-14(37)8-10-36)3-2-4-16(21)29-17-11-18(30-22(38)13-5-6-13)33-34-20(17)23(39)32-25(26,27)28/h2-4,11,13-14,37H,5-10,12H2,1H3,(H,32,39)(H2,29,30,33,38). The molecule has 4 N–H and O–H groups in total. The Labute approximate surface area is 240 Å². The van der Waals surface area contributed by atoms with Gasteiger partial charge >= 0.3 is 0 Å². The van der Waals surface area contributed by atoms with Crippen molar-refractivity contribution in [2.75, 3.05) is 30.8 Å². The number of amides is 2. The van der Waals surface area contributed by atoms with E-state index in [1.165, 1.54) is 13.2 Å². The van der Waals surface area contributed by atoms with Crippen molar-refractivity contribution >= 4 is 52.5 Å². The molecule has 0 unspecified atom stereocenters. The molecule has 206 valence electrons. The summed E-state index contributed by atoms with van der Waals surface area (Å²) in [6.07, 6.45) is 2.73. The highest BCUT2D eigenvalue weighted by molar-refractivity contribution is 6.60. The number of aliphatic hydroxyl groups excluding tert-OH is 1. The third-order valence-electron chi connectivity index (χ3n) is 6.65. The molecule has 2 fully saturated rings. The lowest BCUT2D eigenvalue weighted by atomic mass is 9.49. The van der Waals surface area contributed by atoms with Crippen LogP contribution in [-0.4, -0.2) is 97.2 Å². The number of methoxy groups -OCH3 is 1. The summed E-state index contributed by atoms with van der Waals surface area (Å²) in [4.78, 5) is 31.9. The quantitative estimate of drug-likeness (QED) is 0.258. The molecule has 6 radical (unpaired) electrons. The number of aromatic nitrogens is 4. The summed E-state index contributed by atoms with van der Waals surface area (Å²) >= 11 is 0. The number of anilines is 3. The number of carbonyl (C=O) groups excluding carboxylic acids is 2. The number of aliphatic hydroxyl groups is 1. The van der Waals surface area contributed by atoms with Gasteiger partial charge in [0.25, 0.3) is 11.8 Å². The van der Waals surface area contributed by atoms with Crippen LogP contribution in [0.3, 0.4) is 0 Å². The smallest absolute Gasteiger partial charge is 0.272 e. The van der Waals surface area contributed by atoms with Crippen molar-refractivity contribution in [1.82, 2.24) is 30.6 Å². The Morgan fingerprint density at radius 3 is 2.59 bits per heavy atom. The number of piperidine rings is 1. The lowest BCUT2D eigenvalue weighted by Crippen LogP contribution is -2.50. The summed E-state index contributed by atoms with van der Waals surface area (Å²) in [6, 6.07) is 6.66. The Bertz CT molecular complexity index is 1420. The second-order valence-corrected chi connectivity index (χ2v) is 10.2. The van der Waals surface area contributed by atoms with Crippen LogP contribution in [0.1, 0.15) is 42.0 Å². The van der Waals surface area contributed by atoms with E-state index in [-0.39, 0.29) is 41.0 Å². The van der Waals surface area contributed by atoms with Gasteiger partial charge in [0.1, 0.15) is 0 Å². The number of para-hydroxylation sites is 1. The summed E-state index contributed by atoms with van der Waals surface area (Å²) in [6.45, 7) is 1.97. The number of ether oxygens (including phenoxy) is 1. The molecule has 16 heteroatoms. The van der Waals surface area contributed by atoms with Gasteiger partial charge < -0.3 is 30.3 Å². The van der Waals surface area contributed by atoms with Gasteiger partial charge in [-0.3, -0.25) is 14.5 Å². The fourth-order valence-electron chi connectivity index (χ4n) is 4.42. The van der Waals surface area contributed by atoms with Gasteiger partial charge in [-0.2, -0.15) is 4.98 Å². The highest BCUT2D eigenvalue weighted by atomic mass is 16.5. The molecule has 2 aromatic heterocycles. The molecule has 1 saturated carbocycles. The van der Waals surface area contributed by atoms with Crippen molar-refractivity contribution in [2.45, 2.75) is 43.6 Å². The maximum Gasteiger partial charge on any atom is 0.272 e. The molecule has 1 aromatic carbocycles. The van der Waals surface area contributed by atoms with Crippen LogP contribution in [0.5, 0.6) is 5.75 Å². The van der Waals surface area contributed by atoms with Crippen LogP contribution in [0, 0.1) is 5.92 Å². The van der Waals surface area contributed by atoms with Crippen LogP contribution in [0.15, 0.2) is 28.8 Å². The highest BCUT2D eigenvalue weighted by Gasteiger charge is 2.30. The third-order valence-corrected chi connectivity index (χ3v) is 6.65. The van der Waals surface area contributed by atoms with Crippen molar-refractivity contribution in [1.29, 1.82) is 0 Å². The van der Waals surface area contributed by atoms with Gasteiger partial charge in [0.15, 0.2) is 23.1 Å². The Hall–Kier alpha value is -3.91. The number of hydrogen-bond acceptors (Lipinski definition) is 11. The zero-order valence-corrected chi connectivity index (χ0v) is 22.5. The highest BCUT2D eigenvalue weighted by Crippen LogP contribution is 2.38. The normalized spacial score (nSPS) is 16.2. The maximum absolute atomic E-state index is 12.9. The Morgan fingerprint density at radius 2 is 1.90 bits per heavy atom. The zero-order chi connectivity index (χ0) is 29.1.